The number of hydrogen-bond donors (Lipinski definition) is 1. The average molecular weight is 346 g/mol. The maximum Gasteiger partial charge on any atom is 0.244 e. The third-order valence-corrected chi connectivity index (χ3v) is 3.70. The minimum absolute atomic E-state index is 0.0783. The first-order chi connectivity index (χ1) is 11.4. The summed E-state index contributed by atoms with van der Waals surface area (Å²) in [5, 5.41) is 3.31. The van der Waals surface area contributed by atoms with Crippen LogP contribution >= 0.6 is 11.6 Å². The lowest BCUT2D eigenvalue weighted by Gasteiger charge is -2.21. The van der Waals surface area contributed by atoms with Crippen LogP contribution in [0.1, 0.15) is 6.92 Å². The number of anilines is 3. The highest BCUT2D eigenvalue weighted by Gasteiger charge is 2.16. The van der Waals surface area contributed by atoms with Crippen molar-refractivity contribution in [2.75, 3.05) is 35.8 Å². The molecule has 0 atom stereocenters. The standard InChI is InChI=1S/C18H20ClN3O2/c1-13(23)22(17-6-4-5-14(19)11-17)12-18(24)20-15-7-9-16(10-8-15)21(2)3/h4-11H,12H2,1-3H3,(H,20,24). The minimum Gasteiger partial charge on any atom is -0.378 e. The van der Waals surface area contributed by atoms with Gasteiger partial charge in [0.15, 0.2) is 0 Å². The Bertz CT molecular complexity index is 729. The Kier molecular flexibility index (Phi) is 5.82. The van der Waals surface area contributed by atoms with Crippen LogP contribution in [-0.4, -0.2) is 32.5 Å². The summed E-state index contributed by atoms with van der Waals surface area (Å²) in [5.41, 5.74) is 2.31. The molecular formula is C18H20ClN3O2. The topological polar surface area (TPSA) is 52.7 Å². The van der Waals surface area contributed by atoms with Gasteiger partial charge in [-0.2, -0.15) is 0 Å². The smallest absolute Gasteiger partial charge is 0.244 e. The zero-order chi connectivity index (χ0) is 17.7. The molecule has 0 aliphatic carbocycles. The maximum atomic E-state index is 12.3. The summed E-state index contributed by atoms with van der Waals surface area (Å²) >= 11 is 5.96. The van der Waals surface area contributed by atoms with E-state index >= 15 is 0 Å². The largest absolute Gasteiger partial charge is 0.378 e. The lowest BCUT2D eigenvalue weighted by molar-refractivity contribution is -0.120. The van der Waals surface area contributed by atoms with Crippen molar-refractivity contribution in [3.8, 4) is 0 Å². The molecule has 0 spiro atoms. The van der Waals surface area contributed by atoms with Crippen molar-refractivity contribution in [1.82, 2.24) is 0 Å². The number of nitrogens with one attached hydrogen (secondary N) is 1. The van der Waals surface area contributed by atoms with E-state index in [0.717, 1.165) is 5.69 Å². The van der Waals surface area contributed by atoms with Crippen molar-refractivity contribution in [1.29, 1.82) is 0 Å². The zero-order valence-electron chi connectivity index (χ0n) is 13.9. The maximum absolute atomic E-state index is 12.3. The Hall–Kier alpha value is -2.53. The number of carbonyl (C=O) groups excluding carboxylic acids is 2. The Balaban J connectivity index is 2.07. The Labute approximate surface area is 146 Å². The number of nitrogens with zero attached hydrogens (tertiary/aromatic N) is 2. The number of amides is 2. The van der Waals surface area contributed by atoms with Crippen molar-refractivity contribution >= 4 is 40.5 Å². The van der Waals surface area contributed by atoms with Crippen molar-refractivity contribution in [2.45, 2.75) is 6.92 Å². The van der Waals surface area contributed by atoms with Gasteiger partial charge in [-0.1, -0.05) is 17.7 Å². The molecule has 0 radical (unpaired) electrons. The second-order valence-corrected chi connectivity index (χ2v) is 6.01. The van der Waals surface area contributed by atoms with E-state index in [9.17, 15) is 9.59 Å². The molecule has 2 amide bonds. The van der Waals surface area contributed by atoms with Gasteiger partial charge in [0.25, 0.3) is 0 Å². The SMILES string of the molecule is CC(=O)N(CC(=O)Nc1ccc(N(C)C)cc1)c1cccc(Cl)c1. The van der Waals surface area contributed by atoms with Gasteiger partial charge < -0.3 is 15.1 Å². The third kappa shape index (κ3) is 4.73. The van der Waals surface area contributed by atoms with Gasteiger partial charge in [-0.05, 0) is 42.5 Å². The van der Waals surface area contributed by atoms with Crippen molar-refractivity contribution < 1.29 is 9.59 Å². The van der Waals surface area contributed by atoms with E-state index in [1.165, 1.54) is 11.8 Å². The van der Waals surface area contributed by atoms with Gasteiger partial charge in [-0.25, -0.2) is 0 Å². The number of hydrogen-bond acceptors (Lipinski definition) is 3. The van der Waals surface area contributed by atoms with Crippen LogP contribution in [0.4, 0.5) is 17.1 Å². The number of rotatable bonds is 5. The monoisotopic (exact) mass is 345 g/mol. The van der Waals surface area contributed by atoms with Crippen LogP contribution in [0.15, 0.2) is 48.5 Å². The Morgan fingerprint density at radius 1 is 1.04 bits per heavy atom. The fourth-order valence-corrected chi connectivity index (χ4v) is 2.40. The number of carbonyl (C=O) groups is 2. The van der Waals surface area contributed by atoms with E-state index in [1.807, 2.05) is 43.3 Å². The second-order valence-electron chi connectivity index (χ2n) is 5.57. The van der Waals surface area contributed by atoms with E-state index in [-0.39, 0.29) is 18.4 Å². The molecule has 0 saturated carbocycles. The summed E-state index contributed by atoms with van der Waals surface area (Å²) in [6.45, 7) is 1.34. The van der Waals surface area contributed by atoms with Crippen LogP contribution in [0.2, 0.25) is 5.02 Å². The quantitative estimate of drug-likeness (QED) is 0.903. The van der Waals surface area contributed by atoms with Gasteiger partial charge in [0.05, 0.1) is 0 Å². The highest BCUT2D eigenvalue weighted by atomic mass is 35.5. The third-order valence-electron chi connectivity index (χ3n) is 3.47. The predicted octanol–water partition coefficient (Wildman–Crippen LogP) is 3.40. The van der Waals surface area contributed by atoms with Gasteiger partial charge in [-0.3, -0.25) is 9.59 Å². The number of halogens is 1. The van der Waals surface area contributed by atoms with Crippen LogP contribution in [0.25, 0.3) is 0 Å². The Morgan fingerprint density at radius 3 is 2.25 bits per heavy atom. The number of benzene rings is 2. The molecule has 0 aromatic heterocycles. The minimum atomic E-state index is -0.275. The highest BCUT2D eigenvalue weighted by molar-refractivity contribution is 6.31. The Morgan fingerprint density at radius 2 is 1.71 bits per heavy atom. The van der Waals surface area contributed by atoms with Gasteiger partial charge >= 0.3 is 0 Å². The molecular weight excluding hydrogens is 326 g/mol. The molecule has 0 aliphatic heterocycles. The van der Waals surface area contributed by atoms with Crippen LogP contribution in [0.3, 0.4) is 0 Å². The van der Waals surface area contributed by atoms with Crippen LogP contribution in [0, 0.1) is 0 Å². The molecule has 24 heavy (non-hydrogen) atoms. The van der Waals surface area contributed by atoms with E-state index in [0.29, 0.717) is 16.4 Å². The van der Waals surface area contributed by atoms with Crippen LogP contribution in [0.5, 0.6) is 0 Å². The molecule has 0 unspecified atom stereocenters. The molecule has 0 saturated heterocycles. The second kappa shape index (κ2) is 7.84. The van der Waals surface area contributed by atoms with Crippen molar-refractivity contribution in [2.24, 2.45) is 0 Å². The van der Waals surface area contributed by atoms with E-state index < -0.39 is 0 Å². The summed E-state index contributed by atoms with van der Waals surface area (Å²) in [4.78, 5) is 27.5. The summed E-state index contributed by atoms with van der Waals surface area (Å²) in [7, 11) is 3.90. The summed E-state index contributed by atoms with van der Waals surface area (Å²) in [5.74, 6) is -0.502. The normalized spacial score (nSPS) is 10.2. The van der Waals surface area contributed by atoms with Crippen LogP contribution < -0.4 is 15.1 Å². The van der Waals surface area contributed by atoms with Gasteiger partial charge in [0.2, 0.25) is 11.8 Å². The zero-order valence-corrected chi connectivity index (χ0v) is 14.7. The van der Waals surface area contributed by atoms with E-state index in [4.69, 9.17) is 11.6 Å². The molecule has 2 rings (SSSR count). The van der Waals surface area contributed by atoms with Crippen LogP contribution in [-0.2, 0) is 9.59 Å². The lowest BCUT2D eigenvalue weighted by Crippen LogP contribution is -2.36. The van der Waals surface area contributed by atoms with Gasteiger partial charge in [0.1, 0.15) is 6.54 Å². The molecule has 0 fully saturated rings. The molecule has 0 heterocycles. The van der Waals surface area contributed by atoms with Gasteiger partial charge in [-0.15, -0.1) is 0 Å². The first-order valence-electron chi connectivity index (χ1n) is 7.47. The average Bonchev–Trinajstić information content (AvgIpc) is 2.52. The molecule has 6 heteroatoms. The summed E-state index contributed by atoms with van der Waals surface area (Å²) in [6.07, 6.45) is 0. The molecule has 0 aliphatic rings. The molecule has 5 nitrogen and oxygen atoms in total. The molecule has 126 valence electrons. The first kappa shape index (κ1) is 17.8. The highest BCUT2D eigenvalue weighted by Crippen LogP contribution is 2.20. The molecule has 1 N–H and O–H groups in total. The molecule has 0 bridgehead atoms. The predicted molar refractivity (Wildman–Crippen MR) is 98.9 cm³/mol. The van der Waals surface area contributed by atoms with E-state index in [1.54, 1.807) is 24.3 Å². The molecule has 2 aromatic rings. The van der Waals surface area contributed by atoms with Crippen molar-refractivity contribution in [3.63, 3.8) is 0 Å². The lowest BCUT2D eigenvalue weighted by atomic mass is 10.2. The fourth-order valence-electron chi connectivity index (χ4n) is 2.22. The fraction of sp³-hybridized carbons (Fsp3) is 0.222. The first-order valence-corrected chi connectivity index (χ1v) is 7.85. The van der Waals surface area contributed by atoms with Crippen molar-refractivity contribution in [3.05, 3.63) is 53.6 Å². The molecule has 2 aromatic carbocycles. The van der Waals surface area contributed by atoms with E-state index in [2.05, 4.69) is 5.32 Å². The van der Waals surface area contributed by atoms with Gasteiger partial charge in [0, 0.05) is 43.1 Å². The summed E-state index contributed by atoms with van der Waals surface area (Å²) < 4.78 is 0. The summed E-state index contributed by atoms with van der Waals surface area (Å²) in [6, 6.07) is 14.3.